The predicted molar refractivity (Wildman–Crippen MR) is 79.2 cm³/mol. The van der Waals surface area contributed by atoms with Crippen LogP contribution < -0.4 is 10.1 Å². The zero-order valence-electron chi connectivity index (χ0n) is 12.2. The molecule has 1 fully saturated rings. The van der Waals surface area contributed by atoms with Crippen LogP contribution in [0, 0.1) is 12.8 Å². The van der Waals surface area contributed by atoms with Crippen LogP contribution in [0.25, 0.3) is 0 Å². The van der Waals surface area contributed by atoms with E-state index < -0.39 is 0 Å². The van der Waals surface area contributed by atoms with Crippen molar-refractivity contribution in [2.45, 2.75) is 50.7 Å². The second-order valence-corrected chi connectivity index (χ2v) is 7.09. The van der Waals surface area contributed by atoms with Gasteiger partial charge in [-0.2, -0.15) is 0 Å². The Labute approximate surface area is 120 Å². The second-order valence-electron chi connectivity index (χ2n) is 7.09. The lowest BCUT2D eigenvalue weighted by molar-refractivity contribution is 0.0518. The molecule has 1 aromatic carbocycles. The number of benzene rings is 1. The molecule has 2 aliphatic carbocycles. The zero-order valence-corrected chi connectivity index (χ0v) is 12.2. The number of hydrogen-bond donors (Lipinski definition) is 1. The smallest absolute Gasteiger partial charge is 0.130 e. The fourth-order valence-corrected chi connectivity index (χ4v) is 5.45. The molecule has 4 atom stereocenters. The average Bonchev–Trinajstić information content (AvgIpc) is 2.78. The van der Waals surface area contributed by atoms with Gasteiger partial charge in [0.1, 0.15) is 11.9 Å². The molecule has 5 rings (SSSR count). The van der Waals surface area contributed by atoms with E-state index in [-0.39, 0.29) is 5.41 Å². The Balaban J connectivity index is 1.87. The molecule has 0 radical (unpaired) electrons. The van der Waals surface area contributed by atoms with Crippen molar-refractivity contribution in [3.05, 3.63) is 40.5 Å². The van der Waals surface area contributed by atoms with E-state index >= 15 is 0 Å². The van der Waals surface area contributed by atoms with Crippen molar-refractivity contribution in [2.75, 3.05) is 6.54 Å². The Morgan fingerprint density at radius 2 is 2.20 bits per heavy atom. The molecule has 1 saturated heterocycles. The van der Waals surface area contributed by atoms with Gasteiger partial charge in [0.15, 0.2) is 0 Å². The quantitative estimate of drug-likeness (QED) is 0.730. The summed E-state index contributed by atoms with van der Waals surface area (Å²) in [4.78, 5) is 0. The van der Waals surface area contributed by atoms with Gasteiger partial charge in [0.05, 0.1) is 0 Å². The van der Waals surface area contributed by atoms with Crippen molar-refractivity contribution >= 4 is 0 Å². The molecule has 1 aromatic rings. The van der Waals surface area contributed by atoms with Gasteiger partial charge in [-0.3, -0.25) is 0 Å². The summed E-state index contributed by atoms with van der Waals surface area (Å²) in [5, 5.41) is 3.77. The van der Waals surface area contributed by atoms with Gasteiger partial charge in [0.2, 0.25) is 0 Å². The van der Waals surface area contributed by atoms with E-state index in [1.807, 2.05) is 0 Å². The third kappa shape index (κ3) is 1.08. The van der Waals surface area contributed by atoms with Gasteiger partial charge >= 0.3 is 0 Å². The van der Waals surface area contributed by atoms with E-state index in [2.05, 4.69) is 37.4 Å². The maximum Gasteiger partial charge on any atom is 0.130 e. The molecule has 20 heavy (non-hydrogen) atoms. The number of allylic oxidation sites excluding steroid dienone is 1. The van der Waals surface area contributed by atoms with Crippen LogP contribution in [0.15, 0.2) is 23.8 Å². The van der Waals surface area contributed by atoms with E-state index in [9.17, 15) is 0 Å². The summed E-state index contributed by atoms with van der Waals surface area (Å²) in [7, 11) is 0. The monoisotopic (exact) mass is 267 g/mol. The Kier molecular flexibility index (Phi) is 1.98. The van der Waals surface area contributed by atoms with Crippen molar-refractivity contribution in [1.82, 2.24) is 5.32 Å². The van der Waals surface area contributed by atoms with Crippen LogP contribution in [0.2, 0.25) is 0 Å². The Morgan fingerprint density at radius 1 is 1.30 bits per heavy atom. The van der Waals surface area contributed by atoms with Crippen molar-refractivity contribution in [2.24, 2.45) is 5.92 Å². The van der Waals surface area contributed by atoms with E-state index in [1.165, 1.54) is 41.7 Å². The molecular formula is C18H21NO. The summed E-state index contributed by atoms with van der Waals surface area (Å²) in [5.41, 5.74) is 6.15. The molecule has 2 bridgehead atoms. The Morgan fingerprint density at radius 3 is 3.10 bits per heavy atom. The summed E-state index contributed by atoms with van der Waals surface area (Å²) in [6, 6.07) is 5.24. The lowest BCUT2D eigenvalue weighted by Crippen LogP contribution is -2.62. The van der Waals surface area contributed by atoms with Crippen LogP contribution >= 0.6 is 0 Å². The first-order valence-electron chi connectivity index (χ1n) is 7.91. The average molecular weight is 267 g/mol. The molecular weight excluding hydrogens is 246 g/mol. The lowest BCUT2D eigenvalue weighted by Gasteiger charge is -2.54. The number of nitrogens with one attached hydrogen (secondary N) is 1. The van der Waals surface area contributed by atoms with Gasteiger partial charge in [-0.15, -0.1) is 0 Å². The minimum absolute atomic E-state index is 0.268. The molecule has 0 saturated carbocycles. The van der Waals surface area contributed by atoms with E-state index in [4.69, 9.17) is 4.74 Å². The van der Waals surface area contributed by atoms with Crippen LogP contribution in [0.1, 0.15) is 36.5 Å². The number of hydrogen-bond acceptors (Lipinski definition) is 2. The van der Waals surface area contributed by atoms with E-state index in [0.717, 1.165) is 12.5 Å². The van der Waals surface area contributed by atoms with Gasteiger partial charge in [-0.05, 0) is 62.3 Å². The van der Waals surface area contributed by atoms with Crippen molar-refractivity contribution in [3.8, 4) is 5.75 Å². The van der Waals surface area contributed by atoms with Crippen LogP contribution in [0.3, 0.4) is 0 Å². The van der Waals surface area contributed by atoms with Crippen LogP contribution in [-0.4, -0.2) is 18.7 Å². The fraction of sp³-hybridized carbons (Fsp3) is 0.556. The van der Waals surface area contributed by atoms with Gasteiger partial charge in [0, 0.05) is 17.0 Å². The van der Waals surface area contributed by atoms with Crippen molar-refractivity contribution < 1.29 is 4.74 Å². The highest BCUT2D eigenvalue weighted by atomic mass is 16.5. The van der Waals surface area contributed by atoms with Gasteiger partial charge in [-0.1, -0.05) is 18.2 Å². The highest BCUT2D eigenvalue weighted by Crippen LogP contribution is 2.61. The summed E-state index contributed by atoms with van der Waals surface area (Å²) in [6.07, 6.45) is 6.35. The minimum atomic E-state index is 0.268. The third-order valence-corrected chi connectivity index (χ3v) is 6.25. The molecule has 2 unspecified atom stereocenters. The second kappa shape index (κ2) is 3.48. The summed E-state index contributed by atoms with van der Waals surface area (Å²) < 4.78 is 6.53. The van der Waals surface area contributed by atoms with E-state index in [0.29, 0.717) is 12.1 Å². The minimum Gasteiger partial charge on any atom is -0.485 e. The van der Waals surface area contributed by atoms with Crippen LogP contribution in [0.5, 0.6) is 5.75 Å². The third-order valence-electron chi connectivity index (χ3n) is 6.25. The molecule has 1 N–H and O–H groups in total. The summed E-state index contributed by atoms with van der Waals surface area (Å²) in [6.45, 7) is 5.61. The standard InChI is InChI=1S/C18H21NO/c1-10-3-5-12-9-14-13-6-4-11(2)17-18(13,7-8-19-14)15(12)16(10)20-17/h3-5,13-14,17,19H,6-9H2,1-2H3/t13?,14?,17-,18-/m0/s1. The number of aryl methyl sites for hydroxylation is 1. The Bertz CT molecular complexity index is 647. The topological polar surface area (TPSA) is 21.3 Å². The maximum absolute atomic E-state index is 6.53. The largest absolute Gasteiger partial charge is 0.485 e. The Hall–Kier alpha value is -1.28. The molecule has 2 nitrogen and oxygen atoms in total. The molecule has 0 aromatic heterocycles. The van der Waals surface area contributed by atoms with Crippen LogP contribution in [0.4, 0.5) is 0 Å². The molecule has 4 aliphatic rings. The highest BCUT2D eigenvalue weighted by Gasteiger charge is 2.61. The predicted octanol–water partition coefficient (Wildman–Crippen LogP) is 2.88. The molecule has 104 valence electrons. The fourth-order valence-electron chi connectivity index (χ4n) is 5.45. The lowest BCUT2D eigenvalue weighted by atomic mass is 9.52. The normalized spacial score (nSPS) is 39.9. The zero-order chi connectivity index (χ0) is 13.5. The molecule has 0 amide bonds. The number of rotatable bonds is 0. The van der Waals surface area contributed by atoms with Crippen LogP contribution in [-0.2, 0) is 11.8 Å². The summed E-state index contributed by atoms with van der Waals surface area (Å²) >= 11 is 0. The first-order valence-corrected chi connectivity index (χ1v) is 7.91. The number of ether oxygens (including phenoxy) is 1. The maximum atomic E-state index is 6.53. The van der Waals surface area contributed by atoms with E-state index in [1.54, 1.807) is 5.56 Å². The highest BCUT2D eigenvalue weighted by molar-refractivity contribution is 5.59. The van der Waals surface area contributed by atoms with Gasteiger partial charge in [-0.25, -0.2) is 0 Å². The first kappa shape index (κ1) is 11.4. The first-order chi connectivity index (χ1) is 9.72. The van der Waals surface area contributed by atoms with Gasteiger partial charge in [0.25, 0.3) is 0 Å². The number of piperidine rings is 1. The van der Waals surface area contributed by atoms with Crippen molar-refractivity contribution in [1.29, 1.82) is 0 Å². The molecule has 2 heterocycles. The van der Waals surface area contributed by atoms with Gasteiger partial charge < -0.3 is 10.1 Å². The van der Waals surface area contributed by atoms with Crippen molar-refractivity contribution in [3.63, 3.8) is 0 Å². The molecule has 2 aliphatic heterocycles. The SMILES string of the molecule is CC1=CCC2C3Cc4ccc(C)c5c4[C@@]2(CCN3)[C@H]1O5. The summed E-state index contributed by atoms with van der Waals surface area (Å²) in [5.74, 6) is 1.94. The molecule has 1 spiro atoms. The molecule has 2 heteroatoms.